The number of nitrogen functional groups attached to an aromatic ring is 1. The standard InChI is InChI=1S/C12H19N7/c1-2-3-6-19(8-4-5-8)11-9-7-14-18-10(9)15-12(16-11)17-13/h7-8H,2-6,13H2,1H3,(H2,14,15,16,17,18). The van der Waals surface area contributed by atoms with Gasteiger partial charge in [-0.1, -0.05) is 13.3 Å². The van der Waals surface area contributed by atoms with Gasteiger partial charge in [-0.2, -0.15) is 15.1 Å². The molecule has 0 unspecified atom stereocenters. The minimum absolute atomic E-state index is 0.425. The number of rotatable bonds is 6. The van der Waals surface area contributed by atoms with Gasteiger partial charge in [-0.15, -0.1) is 0 Å². The van der Waals surface area contributed by atoms with Gasteiger partial charge in [0.2, 0.25) is 5.95 Å². The summed E-state index contributed by atoms with van der Waals surface area (Å²) < 4.78 is 0. The first-order valence-electron chi connectivity index (χ1n) is 6.78. The summed E-state index contributed by atoms with van der Waals surface area (Å²) >= 11 is 0. The Hall–Kier alpha value is -1.89. The zero-order valence-corrected chi connectivity index (χ0v) is 11.1. The molecule has 0 spiro atoms. The zero-order chi connectivity index (χ0) is 13.2. The van der Waals surface area contributed by atoms with Crippen LogP contribution in [0.2, 0.25) is 0 Å². The number of unbranched alkanes of at least 4 members (excludes halogenated alkanes) is 1. The molecule has 2 aromatic heterocycles. The van der Waals surface area contributed by atoms with Crippen molar-refractivity contribution in [3.8, 4) is 0 Å². The number of H-pyrrole nitrogens is 1. The number of anilines is 2. The van der Waals surface area contributed by atoms with Crippen molar-refractivity contribution in [2.45, 2.75) is 38.6 Å². The van der Waals surface area contributed by atoms with Crippen LogP contribution in [-0.2, 0) is 0 Å². The summed E-state index contributed by atoms with van der Waals surface area (Å²) in [5.74, 6) is 6.80. The number of nitrogens with two attached hydrogens (primary N) is 1. The maximum atomic E-state index is 5.44. The summed E-state index contributed by atoms with van der Waals surface area (Å²) in [4.78, 5) is 11.2. The molecular weight excluding hydrogens is 242 g/mol. The van der Waals surface area contributed by atoms with Gasteiger partial charge in [0.15, 0.2) is 5.65 Å². The predicted molar refractivity (Wildman–Crippen MR) is 74.8 cm³/mol. The lowest BCUT2D eigenvalue weighted by Crippen LogP contribution is -2.28. The molecule has 7 heteroatoms. The molecule has 2 heterocycles. The molecule has 0 bridgehead atoms. The van der Waals surface area contributed by atoms with Gasteiger partial charge in [0.25, 0.3) is 0 Å². The van der Waals surface area contributed by atoms with E-state index in [0.29, 0.717) is 12.0 Å². The quantitative estimate of drug-likeness (QED) is 0.537. The Morgan fingerprint density at radius 3 is 3.00 bits per heavy atom. The van der Waals surface area contributed by atoms with E-state index in [0.717, 1.165) is 29.8 Å². The van der Waals surface area contributed by atoms with Crippen LogP contribution in [0.5, 0.6) is 0 Å². The molecule has 19 heavy (non-hydrogen) atoms. The summed E-state index contributed by atoms with van der Waals surface area (Å²) in [6, 6.07) is 0.602. The number of nitrogens with zero attached hydrogens (tertiary/aromatic N) is 4. The Morgan fingerprint density at radius 2 is 2.32 bits per heavy atom. The third kappa shape index (κ3) is 2.33. The van der Waals surface area contributed by atoms with Crippen molar-refractivity contribution in [1.82, 2.24) is 20.2 Å². The molecule has 4 N–H and O–H groups in total. The monoisotopic (exact) mass is 261 g/mol. The van der Waals surface area contributed by atoms with E-state index in [1.807, 2.05) is 0 Å². The predicted octanol–water partition coefficient (Wildman–Crippen LogP) is 1.41. The van der Waals surface area contributed by atoms with E-state index >= 15 is 0 Å². The Balaban J connectivity index is 2.02. The number of nitrogens with one attached hydrogen (secondary N) is 2. The number of hydrogen-bond acceptors (Lipinski definition) is 6. The van der Waals surface area contributed by atoms with Crippen LogP contribution < -0.4 is 16.2 Å². The molecule has 0 radical (unpaired) electrons. The van der Waals surface area contributed by atoms with Gasteiger partial charge in [-0.3, -0.25) is 10.5 Å². The van der Waals surface area contributed by atoms with Crippen LogP contribution in [0.3, 0.4) is 0 Å². The first-order chi connectivity index (χ1) is 9.33. The summed E-state index contributed by atoms with van der Waals surface area (Å²) in [7, 11) is 0. The summed E-state index contributed by atoms with van der Waals surface area (Å²) in [6.07, 6.45) is 6.58. The minimum atomic E-state index is 0.425. The zero-order valence-electron chi connectivity index (χ0n) is 11.1. The van der Waals surface area contributed by atoms with E-state index in [1.165, 1.54) is 19.3 Å². The van der Waals surface area contributed by atoms with Crippen LogP contribution in [0.25, 0.3) is 11.0 Å². The van der Waals surface area contributed by atoms with E-state index in [-0.39, 0.29) is 0 Å². The maximum absolute atomic E-state index is 5.44. The van der Waals surface area contributed by atoms with Crippen molar-refractivity contribution in [3.05, 3.63) is 6.20 Å². The van der Waals surface area contributed by atoms with Gasteiger partial charge in [0.1, 0.15) is 5.82 Å². The van der Waals surface area contributed by atoms with Gasteiger partial charge >= 0.3 is 0 Å². The molecular formula is C12H19N7. The molecule has 1 saturated carbocycles. The van der Waals surface area contributed by atoms with Crippen molar-refractivity contribution < 1.29 is 0 Å². The lowest BCUT2D eigenvalue weighted by molar-refractivity contribution is 0.707. The van der Waals surface area contributed by atoms with E-state index < -0.39 is 0 Å². The molecule has 1 aliphatic carbocycles. The maximum Gasteiger partial charge on any atom is 0.241 e. The molecule has 0 saturated heterocycles. The third-order valence-electron chi connectivity index (χ3n) is 3.43. The van der Waals surface area contributed by atoms with Gasteiger partial charge in [0, 0.05) is 12.6 Å². The third-order valence-corrected chi connectivity index (χ3v) is 3.43. The molecule has 3 rings (SSSR count). The Bertz CT molecular complexity index is 560. The molecule has 102 valence electrons. The van der Waals surface area contributed by atoms with Crippen molar-refractivity contribution >= 4 is 22.8 Å². The van der Waals surface area contributed by atoms with Gasteiger partial charge in [0.05, 0.1) is 11.6 Å². The Kier molecular flexibility index (Phi) is 3.20. The van der Waals surface area contributed by atoms with Gasteiger partial charge in [-0.25, -0.2) is 5.84 Å². The Labute approximate surface area is 111 Å². The summed E-state index contributed by atoms with van der Waals surface area (Å²) in [5, 5.41) is 7.90. The van der Waals surface area contributed by atoms with Crippen LogP contribution in [0.1, 0.15) is 32.6 Å². The number of aromatic nitrogens is 4. The molecule has 0 amide bonds. The highest BCUT2D eigenvalue weighted by atomic mass is 15.3. The number of hydrogen-bond donors (Lipinski definition) is 3. The van der Waals surface area contributed by atoms with Crippen LogP contribution in [0, 0.1) is 0 Å². The minimum Gasteiger partial charge on any atom is -0.353 e. The van der Waals surface area contributed by atoms with Crippen molar-refractivity contribution in [2.75, 3.05) is 16.9 Å². The van der Waals surface area contributed by atoms with Crippen molar-refractivity contribution in [1.29, 1.82) is 0 Å². The van der Waals surface area contributed by atoms with E-state index in [4.69, 9.17) is 5.84 Å². The molecule has 0 atom stereocenters. The Morgan fingerprint density at radius 1 is 1.47 bits per heavy atom. The summed E-state index contributed by atoms with van der Waals surface area (Å²) in [6.45, 7) is 3.22. The van der Waals surface area contributed by atoms with Crippen LogP contribution >= 0.6 is 0 Å². The molecule has 0 aromatic carbocycles. The second-order valence-corrected chi connectivity index (χ2v) is 4.93. The number of aromatic amines is 1. The average Bonchev–Trinajstić information content (AvgIpc) is 3.16. The first kappa shape index (κ1) is 12.2. The second kappa shape index (κ2) is 5.00. The molecule has 1 aliphatic rings. The number of hydrazine groups is 1. The lowest BCUT2D eigenvalue weighted by Gasteiger charge is -2.24. The topological polar surface area (TPSA) is 95.8 Å². The first-order valence-corrected chi connectivity index (χ1v) is 6.78. The SMILES string of the molecule is CCCCN(c1nc(NN)nc2[nH]ncc12)C1CC1. The van der Waals surface area contributed by atoms with E-state index in [2.05, 4.69) is 37.4 Å². The number of fused-ring (bicyclic) bond motifs is 1. The molecule has 2 aromatic rings. The largest absolute Gasteiger partial charge is 0.353 e. The van der Waals surface area contributed by atoms with E-state index in [1.54, 1.807) is 6.20 Å². The van der Waals surface area contributed by atoms with Crippen molar-refractivity contribution in [2.24, 2.45) is 5.84 Å². The normalized spacial score (nSPS) is 14.8. The highest BCUT2D eigenvalue weighted by Crippen LogP contribution is 2.34. The average molecular weight is 261 g/mol. The lowest BCUT2D eigenvalue weighted by atomic mass is 10.3. The fourth-order valence-electron chi connectivity index (χ4n) is 2.28. The highest BCUT2D eigenvalue weighted by molar-refractivity contribution is 5.87. The van der Waals surface area contributed by atoms with Gasteiger partial charge in [-0.05, 0) is 19.3 Å². The highest BCUT2D eigenvalue weighted by Gasteiger charge is 2.31. The van der Waals surface area contributed by atoms with Gasteiger partial charge < -0.3 is 4.90 Å². The van der Waals surface area contributed by atoms with Crippen molar-refractivity contribution in [3.63, 3.8) is 0 Å². The van der Waals surface area contributed by atoms with Crippen LogP contribution in [0.4, 0.5) is 11.8 Å². The molecule has 0 aliphatic heterocycles. The fraction of sp³-hybridized carbons (Fsp3) is 0.583. The summed E-state index contributed by atoms with van der Waals surface area (Å²) in [5.41, 5.74) is 3.25. The fourth-order valence-corrected chi connectivity index (χ4v) is 2.28. The molecule has 1 fully saturated rings. The van der Waals surface area contributed by atoms with E-state index in [9.17, 15) is 0 Å². The second-order valence-electron chi connectivity index (χ2n) is 4.93. The van der Waals surface area contributed by atoms with Crippen LogP contribution in [0.15, 0.2) is 6.20 Å². The van der Waals surface area contributed by atoms with Crippen LogP contribution in [-0.4, -0.2) is 32.8 Å². The smallest absolute Gasteiger partial charge is 0.241 e. The molecule has 7 nitrogen and oxygen atoms in total.